The predicted molar refractivity (Wildman–Crippen MR) is 43.5 cm³/mol. The van der Waals surface area contributed by atoms with Gasteiger partial charge in [0, 0.05) is 5.75 Å². The Morgan fingerprint density at radius 1 is 1.36 bits per heavy atom. The van der Waals surface area contributed by atoms with Gasteiger partial charge in [-0.3, -0.25) is 0 Å². The van der Waals surface area contributed by atoms with Crippen LogP contribution in [0.15, 0.2) is 24.3 Å². The second-order valence-electron chi connectivity index (χ2n) is 1.51. The molecule has 1 aromatic rings. The second-order valence-corrected chi connectivity index (χ2v) is 5.24. The molecule has 0 aliphatic rings. The molecule has 0 unspecified atom stereocenters. The molecule has 0 radical (unpaired) electrons. The van der Waals surface area contributed by atoms with E-state index in [0.29, 0.717) is 0 Å². The van der Waals surface area contributed by atoms with Crippen LogP contribution < -0.4 is 4.74 Å². The molecule has 0 aliphatic heterocycles. The molecule has 0 atom stereocenters. The van der Waals surface area contributed by atoms with Gasteiger partial charge in [0.1, 0.15) is 0 Å². The average molecular weight is 269 g/mol. The van der Waals surface area contributed by atoms with Crippen molar-refractivity contribution in [2.24, 2.45) is 0 Å². The van der Waals surface area contributed by atoms with Crippen molar-refractivity contribution in [3.05, 3.63) is 30.3 Å². The van der Waals surface area contributed by atoms with Crippen molar-refractivity contribution in [3.63, 3.8) is 0 Å². The Kier molecular flexibility index (Phi) is 8.96. The Bertz CT molecular complexity index is 169. The van der Waals surface area contributed by atoms with Gasteiger partial charge in [0.15, 0.2) is 0 Å². The number of hydrogen-bond acceptors (Lipinski definition) is 1. The molecule has 1 aromatic carbocycles. The van der Waals surface area contributed by atoms with Gasteiger partial charge in [-0.05, 0) is 0 Å². The van der Waals surface area contributed by atoms with E-state index in [9.17, 15) is 0 Å². The SMILES string of the molecule is COc1cc[c-]cc1.[Cl][Zr][Cl]. The van der Waals surface area contributed by atoms with Crippen molar-refractivity contribution in [1.29, 1.82) is 0 Å². The van der Waals surface area contributed by atoms with Crippen molar-refractivity contribution in [2.45, 2.75) is 0 Å². The zero-order chi connectivity index (χ0) is 8.53. The summed E-state index contributed by atoms with van der Waals surface area (Å²) in [6, 6.07) is 10.2. The molecule has 1 rings (SSSR count). The van der Waals surface area contributed by atoms with Crippen molar-refractivity contribution in [3.8, 4) is 5.75 Å². The standard InChI is InChI=1S/C7H7O.2ClH.Zr/c1-8-7-5-3-2-4-6-7;;;/h3-6H,1H3;2*1H;/q-1;;;+2/p-2. The third-order valence-electron chi connectivity index (χ3n) is 0.923. The topological polar surface area (TPSA) is 9.23 Å². The van der Waals surface area contributed by atoms with Gasteiger partial charge in [-0.1, -0.05) is 0 Å². The van der Waals surface area contributed by atoms with Gasteiger partial charge in [0.2, 0.25) is 0 Å². The maximum atomic E-state index is 4.93. The van der Waals surface area contributed by atoms with Crippen LogP contribution in [0.1, 0.15) is 0 Å². The summed E-state index contributed by atoms with van der Waals surface area (Å²) in [5.74, 6) is 0.878. The molecule has 60 valence electrons. The molecule has 4 heteroatoms. The van der Waals surface area contributed by atoms with Gasteiger partial charge in [-0.2, -0.15) is 18.2 Å². The van der Waals surface area contributed by atoms with Crippen molar-refractivity contribution in [1.82, 2.24) is 0 Å². The molecule has 0 aliphatic carbocycles. The molecule has 0 saturated carbocycles. The zero-order valence-corrected chi connectivity index (χ0v) is 9.94. The monoisotopic (exact) mass is 267 g/mol. The minimum absolute atomic E-state index is 0.826. The van der Waals surface area contributed by atoms with Crippen LogP contribution in [0.25, 0.3) is 0 Å². The molecular weight excluding hydrogens is 262 g/mol. The quantitative estimate of drug-likeness (QED) is 0.712. The van der Waals surface area contributed by atoms with E-state index < -0.39 is 20.8 Å². The molecule has 0 N–H and O–H groups in total. The van der Waals surface area contributed by atoms with Crippen LogP contribution in [0.4, 0.5) is 0 Å². The first-order valence-electron chi connectivity index (χ1n) is 2.81. The Morgan fingerprint density at radius 3 is 2.09 bits per heavy atom. The van der Waals surface area contributed by atoms with Gasteiger partial charge < -0.3 is 4.74 Å². The molecule has 0 spiro atoms. The summed E-state index contributed by atoms with van der Waals surface area (Å²) in [5, 5.41) is 0. The molecule has 0 amide bonds. The Labute approximate surface area is 85.3 Å². The second kappa shape index (κ2) is 8.58. The van der Waals surface area contributed by atoms with Crippen LogP contribution in [0.2, 0.25) is 0 Å². The number of halogens is 2. The molecular formula is C7H7Cl2OZr-. The summed E-state index contributed by atoms with van der Waals surface area (Å²) in [6.07, 6.45) is 0. The minimum atomic E-state index is -0.826. The van der Waals surface area contributed by atoms with E-state index in [2.05, 4.69) is 6.07 Å². The van der Waals surface area contributed by atoms with Gasteiger partial charge in [-0.25, -0.2) is 0 Å². The van der Waals surface area contributed by atoms with Crippen LogP contribution in [0.3, 0.4) is 0 Å². The summed E-state index contributed by atoms with van der Waals surface area (Å²) >= 11 is -0.826. The van der Waals surface area contributed by atoms with Crippen LogP contribution in [-0.2, 0) is 20.8 Å². The summed E-state index contributed by atoms with van der Waals surface area (Å²) < 4.78 is 4.89. The van der Waals surface area contributed by atoms with E-state index in [1.807, 2.05) is 24.3 Å². The van der Waals surface area contributed by atoms with Crippen LogP contribution >= 0.6 is 17.0 Å². The van der Waals surface area contributed by atoms with E-state index in [4.69, 9.17) is 21.8 Å². The fourth-order valence-electron chi connectivity index (χ4n) is 0.508. The van der Waals surface area contributed by atoms with E-state index in [-0.39, 0.29) is 0 Å². The van der Waals surface area contributed by atoms with E-state index in [0.717, 1.165) is 5.75 Å². The molecule has 0 aromatic heterocycles. The summed E-state index contributed by atoms with van der Waals surface area (Å²) in [5.41, 5.74) is 0. The van der Waals surface area contributed by atoms with Crippen molar-refractivity contribution >= 4 is 17.0 Å². The van der Waals surface area contributed by atoms with Gasteiger partial charge in [-0.15, -0.1) is 12.1 Å². The van der Waals surface area contributed by atoms with Gasteiger partial charge in [0.25, 0.3) is 0 Å². The van der Waals surface area contributed by atoms with Crippen LogP contribution in [0, 0.1) is 6.07 Å². The summed E-state index contributed by atoms with van der Waals surface area (Å²) in [4.78, 5) is 0. The summed E-state index contributed by atoms with van der Waals surface area (Å²) in [6.45, 7) is 0. The Balaban J connectivity index is 0.000000292. The molecule has 0 saturated heterocycles. The first-order valence-corrected chi connectivity index (χ1v) is 9.14. The first kappa shape index (κ1) is 11.5. The fraction of sp³-hybridized carbons (Fsp3) is 0.143. The molecule has 0 bridgehead atoms. The fourth-order valence-corrected chi connectivity index (χ4v) is 0.508. The zero-order valence-electron chi connectivity index (χ0n) is 5.97. The van der Waals surface area contributed by atoms with Crippen LogP contribution in [0.5, 0.6) is 5.75 Å². The number of benzene rings is 1. The Morgan fingerprint density at radius 2 is 1.82 bits per heavy atom. The van der Waals surface area contributed by atoms with E-state index in [1.165, 1.54) is 0 Å². The Hall–Kier alpha value is 0.483. The third-order valence-corrected chi connectivity index (χ3v) is 0.923. The number of ether oxygens (including phenoxy) is 1. The molecule has 11 heavy (non-hydrogen) atoms. The molecule has 0 fully saturated rings. The number of hydrogen-bond donors (Lipinski definition) is 0. The number of methoxy groups -OCH3 is 1. The average Bonchev–Trinajstić information content (AvgIpc) is 2.08. The van der Waals surface area contributed by atoms with Crippen molar-refractivity contribution < 1.29 is 25.6 Å². The predicted octanol–water partition coefficient (Wildman–Crippen LogP) is 2.87. The third kappa shape index (κ3) is 6.86. The number of rotatable bonds is 1. The summed E-state index contributed by atoms with van der Waals surface area (Å²) in [7, 11) is 11.5. The van der Waals surface area contributed by atoms with Gasteiger partial charge >= 0.3 is 37.9 Å². The van der Waals surface area contributed by atoms with Crippen molar-refractivity contribution in [2.75, 3.05) is 7.11 Å². The van der Waals surface area contributed by atoms with E-state index >= 15 is 0 Å². The first-order chi connectivity index (χ1) is 5.35. The molecule has 1 nitrogen and oxygen atoms in total. The maximum absolute atomic E-state index is 4.93. The van der Waals surface area contributed by atoms with E-state index in [1.54, 1.807) is 7.11 Å². The normalized spacial score (nSPS) is 7.55. The van der Waals surface area contributed by atoms with Crippen LogP contribution in [-0.4, -0.2) is 7.11 Å². The van der Waals surface area contributed by atoms with Gasteiger partial charge in [0.05, 0.1) is 7.11 Å². The molecule has 0 heterocycles.